The first-order valence-electron chi connectivity index (χ1n) is 6.48. The van der Waals surface area contributed by atoms with Crippen molar-refractivity contribution in [3.63, 3.8) is 0 Å². The van der Waals surface area contributed by atoms with Crippen LogP contribution in [0.4, 0.5) is 13.2 Å². The van der Waals surface area contributed by atoms with Gasteiger partial charge in [-0.25, -0.2) is 0 Å². The second kappa shape index (κ2) is 7.28. The lowest BCUT2D eigenvalue weighted by atomic mass is 10.1. The molecule has 6 heteroatoms. The second-order valence-corrected chi connectivity index (χ2v) is 4.61. The molecule has 0 amide bonds. The molecule has 1 aromatic carbocycles. The first-order chi connectivity index (χ1) is 10.0. The molecular formula is C15H16F3NO2. The van der Waals surface area contributed by atoms with Gasteiger partial charge in [-0.3, -0.25) is 0 Å². The molecule has 0 fully saturated rings. The van der Waals surface area contributed by atoms with E-state index in [4.69, 9.17) is 4.42 Å². The average molecular weight is 299 g/mol. The molecule has 0 atom stereocenters. The monoisotopic (exact) mass is 299 g/mol. The van der Waals surface area contributed by atoms with E-state index >= 15 is 0 Å². The fourth-order valence-corrected chi connectivity index (χ4v) is 1.78. The average Bonchev–Trinajstić information content (AvgIpc) is 2.92. The lowest BCUT2D eigenvalue weighted by molar-refractivity contribution is -0.176. The van der Waals surface area contributed by atoms with Crippen LogP contribution in [0.25, 0.3) is 0 Å². The molecule has 0 saturated carbocycles. The molecule has 0 bridgehead atoms. The van der Waals surface area contributed by atoms with Crippen molar-refractivity contribution in [1.29, 1.82) is 0 Å². The molecule has 0 aliphatic carbocycles. The molecule has 21 heavy (non-hydrogen) atoms. The van der Waals surface area contributed by atoms with E-state index < -0.39 is 12.8 Å². The zero-order chi connectivity index (χ0) is 15.1. The van der Waals surface area contributed by atoms with Crippen LogP contribution in [-0.2, 0) is 24.4 Å². The van der Waals surface area contributed by atoms with Crippen LogP contribution in [0, 0.1) is 0 Å². The summed E-state index contributed by atoms with van der Waals surface area (Å²) in [7, 11) is 0. The second-order valence-electron chi connectivity index (χ2n) is 4.61. The van der Waals surface area contributed by atoms with Crippen LogP contribution in [-0.4, -0.2) is 12.8 Å². The highest BCUT2D eigenvalue weighted by atomic mass is 19.4. The molecule has 0 unspecified atom stereocenters. The smallest absolute Gasteiger partial charge is 0.411 e. The summed E-state index contributed by atoms with van der Waals surface area (Å²) < 4.78 is 45.6. The molecule has 0 radical (unpaired) electrons. The zero-order valence-corrected chi connectivity index (χ0v) is 11.3. The topological polar surface area (TPSA) is 34.4 Å². The van der Waals surface area contributed by atoms with E-state index in [0.29, 0.717) is 18.7 Å². The van der Waals surface area contributed by atoms with E-state index in [1.165, 1.54) is 0 Å². The highest BCUT2D eigenvalue weighted by Crippen LogP contribution is 2.15. The minimum atomic E-state index is -4.28. The summed E-state index contributed by atoms with van der Waals surface area (Å²) in [5.41, 5.74) is 1.76. The standard InChI is InChI=1S/C15H16F3NO2/c16-15(17,18)11-20-10-13-5-3-12(4-6-13)8-19-9-14-2-1-7-21-14/h1-7,19H,8-11H2. The van der Waals surface area contributed by atoms with Crippen molar-refractivity contribution >= 4 is 0 Å². The van der Waals surface area contributed by atoms with E-state index in [1.807, 2.05) is 24.3 Å². The van der Waals surface area contributed by atoms with Crippen molar-refractivity contribution in [2.75, 3.05) is 6.61 Å². The number of furan rings is 1. The van der Waals surface area contributed by atoms with Gasteiger partial charge in [0.1, 0.15) is 12.4 Å². The molecule has 114 valence electrons. The molecule has 2 rings (SSSR count). The summed E-state index contributed by atoms with van der Waals surface area (Å²) in [6.45, 7) is 0.0207. The van der Waals surface area contributed by atoms with Crippen LogP contribution < -0.4 is 5.32 Å². The van der Waals surface area contributed by atoms with Crippen molar-refractivity contribution in [3.05, 3.63) is 59.5 Å². The number of rotatable bonds is 7. The van der Waals surface area contributed by atoms with Gasteiger partial charge in [0, 0.05) is 6.54 Å². The van der Waals surface area contributed by atoms with Crippen LogP contribution >= 0.6 is 0 Å². The van der Waals surface area contributed by atoms with Crippen molar-refractivity contribution in [3.8, 4) is 0 Å². The fourth-order valence-electron chi connectivity index (χ4n) is 1.78. The van der Waals surface area contributed by atoms with Gasteiger partial charge in [0.15, 0.2) is 0 Å². The number of nitrogens with one attached hydrogen (secondary N) is 1. The lowest BCUT2D eigenvalue weighted by Gasteiger charge is -2.08. The number of ether oxygens (including phenoxy) is 1. The van der Waals surface area contributed by atoms with Gasteiger partial charge < -0.3 is 14.5 Å². The van der Waals surface area contributed by atoms with E-state index in [2.05, 4.69) is 10.1 Å². The summed E-state index contributed by atoms with van der Waals surface area (Å²) in [4.78, 5) is 0. The van der Waals surface area contributed by atoms with Gasteiger partial charge >= 0.3 is 6.18 Å². The molecule has 0 saturated heterocycles. The van der Waals surface area contributed by atoms with Crippen LogP contribution in [0.5, 0.6) is 0 Å². The maximum atomic E-state index is 11.9. The van der Waals surface area contributed by atoms with Gasteiger partial charge in [-0.1, -0.05) is 24.3 Å². The Morgan fingerprint density at radius 1 is 1.00 bits per heavy atom. The number of hydrogen-bond donors (Lipinski definition) is 1. The molecule has 0 aliphatic rings. The molecule has 2 aromatic rings. The van der Waals surface area contributed by atoms with Gasteiger partial charge in [-0.2, -0.15) is 13.2 Å². The third kappa shape index (κ3) is 6.01. The molecular weight excluding hydrogens is 283 g/mol. The Morgan fingerprint density at radius 3 is 2.33 bits per heavy atom. The Labute approximate surface area is 120 Å². The van der Waals surface area contributed by atoms with E-state index in [9.17, 15) is 13.2 Å². The zero-order valence-electron chi connectivity index (χ0n) is 11.3. The van der Waals surface area contributed by atoms with Crippen molar-refractivity contribution < 1.29 is 22.3 Å². The number of benzene rings is 1. The van der Waals surface area contributed by atoms with Gasteiger partial charge in [-0.15, -0.1) is 0 Å². The fraction of sp³-hybridized carbons (Fsp3) is 0.333. The Morgan fingerprint density at radius 2 is 1.71 bits per heavy atom. The lowest BCUT2D eigenvalue weighted by Crippen LogP contribution is -2.16. The SMILES string of the molecule is FC(F)(F)COCc1ccc(CNCc2ccco2)cc1. The Bertz CT molecular complexity index is 521. The van der Waals surface area contributed by atoms with Gasteiger partial charge in [0.2, 0.25) is 0 Å². The number of halogens is 3. The Balaban J connectivity index is 1.71. The minimum absolute atomic E-state index is 0.0420. The summed E-state index contributed by atoms with van der Waals surface area (Å²) in [6, 6.07) is 11.0. The summed E-state index contributed by atoms with van der Waals surface area (Å²) in [5, 5.41) is 3.21. The molecule has 3 nitrogen and oxygen atoms in total. The maximum Gasteiger partial charge on any atom is 0.411 e. The van der Waals surface area contributed by atoms with Crippen molar-refractivity contribution in [2.45, 2.75) is 25.9 Å². The van der Waals surface area contributed by atoms with Crippen molar-refractivity contribution in [2.24, 2.45) is 0 Å². The number of hydrogen-bond acceptors (Lipinski definition) is 3. The minimum Gasteiger partial charge on any atom is -0.468 e. The third-order valence-corrected chi connectivity index (χ3v) is 2.77. The van der Waals surface area contributed by atoms with E-state index in [1.54, 1.807) is 18.4 Å². The summed E-state index contributed by atoms with van der Waals surface area (Å²) in [6.07, 6.45) is -2.66. The molecule has 0 spiro atoms. The third-order valence-electron chi connectivity index (χ3n) is 2.77. The van der Waals surface area contributed by atoms with E-state index in [-0.39, 0.29) is 6.61 Å². The Kier molecular flexibility index (Phi) is 5.41. The van der Waals surface area contributed by atoms with Crippen molar-refractivity contribution in [1.82, 2.24) is 5.32 Å². The largest absolute Gasteiger partial charge is 0.468 e. The van der Waals surface area contributed by atoms with Crippen LogP contribution in [0.15, 0.2) is 47.1 Å². The summed E-state index contributed by atoms with van der Waals surface area (Å²) >= 11 is 0. The molecule has 1 N–H and O–H groups in total. The Hall–Kier alpha value is -1.79. The van der Waals surface area contributed by atoms with Crippen LogP contribution in [0.2, 0.25) is 0 Å². The summed E-state index contributed by atoms with van der Waals surface area (Å²) in [5.74, 6) is 0.854. The van der Waals surface area contributed by atoms with Gasteiger partial charge in [0.25, 0.3) is 0 Å². The van der Waals surface area contributed by atoms with Crippen LogP contribution in [0.3, 0.4) is 0 Å². The predicted molar refractivity (Wildman–Crippen MR) is 71.4 cm³/mol. The van der Waals surface area contributed by atoms with Gasteiger partial charge in [0.05, 0.1) is 19.4 Å². The normalized spacial score (nSPS) is 11.8. The highest BCUT2D eigenvalue weighted by Gasteiger charge is 2.27. The first kappa shape index (κ1) is 15.6. The van der Waals surface area contributed by atoms with Gasteiger partial charge in [-0.05, 0) is 23.3 Å². The van der Waals surface area contributed by atoms with E-state index in [0.717, 1.165) is 11.3 Å². The maximum absolute atomic E-state index is 11.9. The molecule has 1 heterocycles. The van der Waals surface area contributed by atoms with Crippen LogP contribution in [0.1, 0.15) is 16.9 Å². The highest BCUT2D eigenvalue weighted by molar-refractivity contribution is 5.22. The predicted octanol–water partition coefficient (Wildman–Crippen LogP) is 3.65. The molecule has 1 aromatic heterocycles. The molecule has 0 aliphatic heterocycles. The first-order valence-corrected chi connectivity index (χ1v) is 6.48. The number of alkyl halides is 3. The quantitative estimate of drug-likeness (QED) is 0.847.